The van der Waals surface area contributed by atoms with Crippen LogP contribution in [0.3, 0.4) is 0 Å². The molecule has 4 nitrogen and oxygen atoms in total. The zero-order valence-corrected chi connectivity index (χ0v) is 11.9. The van der Waals surface area contributed by atoms with E-state index in [9.17, 15) is 4.79 Å². The lowest BCUT2D eigenvalue weighted by Crippen LogP contribution is -2.38. The van der Waals surface area contributed by atoms with Gasteiger partial charge in [0.2, 0.25) is 0 Å². The summed E-state index contributed by atoms with van der Waals surface area (Å²) in [7, 11) is 0. The molecule has 3 N–H and O–H groups in total. The van der Waals surface area contributed by atoms with Gasteiger partial charge in [-0.25, -0.2) is 4.98 Å². The van der Waals surface area contributed by atoms with E-state index in [0.29, 0.717) is 29.4 Å². The number of benzene rings is 1. The van der Waals surface area contributed by atoms with Gasteiger partial charge in [0.25, 0.3) is 5.91 Å². The molecule has 0 spiro atoms. The molecule has 1 aromatic carbocycles. The summed E-state index contributed by atoms with van der Waals surface area (Å²) < 4.78 is 0. The molecule has 2 aromatic rings. The number of nitrogens with one attached hydrogen (secondary N) is 1. The second kappa shape index (κ2) is 4.72. The lowest BCUT2D eigenvalue weighted by molar-refractivity contribution is 0.0921. The zero-order valence-electron chi connectivity index (χ0n) is 11.9. The number of hydrogen-bond acceptors (Lipinski definition) is 3. The normalized spacial score (nSPS) is 18.1. The van der Waals surface area contributed by atoms with Crippen molar-refractivity contribution < 1.29 is 4.79 Å². The number of nitrogen functional groups attached to an aromatic ring is 1. The van der Waals surface area contributed by atoms with Crippen molar-refractivity contribution in [1.82, 2.24) is 10.3 Å². The molecular formula is C17H19N3O. The second-order valence-electron chi connectivity index (χ2n) is 6.29. The van der Waals surface area contributed by atoms with Crippen LogP contribution in [0.2, 0.25) is 0 Å². The molecule has 4 heteroatoms. The Bertz CT molecular complexity index is 692. The van der Waals surface area contributed by atoms with Crippen LogP contribution in [0.4, 0.5) is 5.82 Å². The number of carbonyl (C=O) groups excluding carboxylic acids is 1. The molecule has 108 valence electrons. The van der Waals surface area contributed by atoms with Gasteiger partial charge in [0.1, 0.15) is 11.5 Å². The molecule has 4 rings (SSSR count). The third-order valence-corrected chi connectivity index (χ3v) is 4.56. The van der Waals surface area contributed by atoms with Crippen molar-refractivity contribution in [2.45, 2.75) is 31.7 Å². The topological polar surface area (TPSA) is 68.0 Å². The van der Waals surface area contributed by atoms with Gasteiger partial charge in [0.15, 0.2) is 0 Å². The molecule has 2 saturated carbocycles. The van der Waals surface area contributed by atoms with Crippen molar-refractivity contribution in [1.29, 1.82) is 0 Å². The van der Waals surface area contributed by atoms with Crippen molar-refractivity contribution in [3.63, 3.8) is 0 Å². The van der Waals surface area contributed by atoms with Gasteiger partial charge in [0.05, 0.1) is 0 Å². The standard InChI is InChI=1S/C17H19N3O/c18-16-13-4-2-1-3-12(13)9-14(19-16)17(21)20-15(10-5-6-10)11-7-8-11/h1-4,9-11,15H,5-8H2,(H2,18,19)(H,20,21). The molecule has 2 aliphatic carbocycles. The lowest BCUT2D eigenvalue weighted by atomic mass is 10.1. The molecule has 1 heterocycles. The molecular weight excluding hydrogens is 262 g/mol. The van der Waals surface area contributed by atoms with Gasteiger partial charge < -0.3 is 11.1 Å². The Kier molecular flexibility index (Phi) is 2.84. The maximum atomic E-state index is 12.5. The smallest absolute Gasteiger partial charge is 0.270 e. The molecule has 0 aliphatic heterocycles. The molecule has 0 saturated heterocycles. The van der Waals surface area contributed by atoms with Crippen LogP contribution in [0.1, 0.15) is 36.2 Å². The number of hydrogen-bond donors (Lipinski definition) is 2. The van der Waals surface area contributed by atoms with Crippen LogP contribution in [-0.2, 0) is 0 Å². The van der Waals surface area contributed by atoms with Crippen LogP contribution >= 0.6 is 0 Å². The van der Waals surface area contributed by atoms with Gasteiger partial charge in [-0.2, -0.15) is 0 Å². The Morgan fingerprint density at radius 1 is 1.19 bits per heavy atom. The van der Waals surface area contributed by atoms with E-state index in [1.165, 1.54) is 25.7 Å². The minimum atomic E-state index is -0.0868. The SMILES string of the molecule is Nc1nc(C(=O)NC(C2CC2)C2CC2)cc2ccccc12. The van der Waals surface area contributed by atoms with E-state index < -0.39 is 0 Å². The molecule has 0 atom stereocenters. The fraction of sp³-hybridized carbons (Fsp3) is 0.412. The number of nitrogens with zero attached hydrogens (tertiary/aromatic N) is 1. The summed E-state index contributed by atoms with van der Waals surface area (Å²) >= 11 is 0. The van der Waals surface area contributed by atoms with Crippen molar-refractivity contribution in [2.24, 2.45) is 11.8 Å². The summed E-state index contributed by atoms with van der Waals surface area (Å²) in [6, 6.07) is 9.93. The molecule has 1 amide bonds. The number of anilines is 1. The average Bonchev–Trinajstić information content (AvgIpc) is 3.38. The first-order valence-electron chi connectivity index (χ1n) is 7.68. The summed E-state index contributed by atoms with van der Waals surface area (Å²) in [5.74, 6) is 1.70. The van der Waals surface area contributed by atoms with Gasteiger partial charge in [-0.05, 0) is 49.0 Å². The van der Waals surface area contributed by atoms with Crippen molar-refractivity contribution in [3.05, 3.63) is 36.0 Å². The molecule has 2 aliphatic rings. The lowest BCUT2D eigenvalue weighted by Gasteiger charge is -2.17. The van der Waals surface area contributed by atoms with Crippen LogP contribution in [0.25, 0.3) is 10.8 Å². The first-order chi connectivity index (χ1) is 10.2. The Labute approximate surface area is 123 Å². The highest BCUT2D eigenvalue weighted by Gasteiger charge is 2.42. The predicted molar refractivity (Wildman–Crippen MR) is 82.9 cm³/mol. The van der Waals surface area contributed by atoms with Gasteiger partial charge >= 0.3 is 0 Å². The highest BCUT2D eigenvalue weighted by Crippen LogP contribution is 2.44. The summed E-state index contributed by atoms with van der Waals surface area (Å²) in [6.45, 7) is 0. The van der Waals surface area contributed by atoms with E-state index in [0.717, 1.165) is 10.8 Å². The fourth-order valence-corrected chi connectivity index (χ4v) is 3.10. The van der Waals surface area contributed by atoms with Gasteiger partial charge in [-0.15, -0.1) is 0 Å². The number of carbonyl (C=O) groups is 1. The molecule has 21 heavy (non-hydrogen) atoms. The highest BCUT2D eigenvalue weighted by atomic mass is 16.2. The predicted octanol–water partition coefficient (Wildman–Crippen LogP) is 2.74. The first kappa shape index (κ1) is 12.6. The summed E-state index contributed by atoms with van der Waals surface area (Å²) in [5, 5.41) is 5.05. The quantitative estimate of drug-likeness (QED) is 0.905. The summed E-state index contributed by atoms with van der Waals surface area (Å²) in [5.41, 5.74) is 6.41. The van der Waals surface area contributed by atoms with Crippen LogP contribution < -0.4 is 11.1 Å². The van der Waals surface area contributed by atoms with E-state index in [1.54, 1.807) is 0 Å². The van der Waals surface area contributed by atoms with Crippen molar-refractivity contribution in [3.8, 4) is 0 Å². The van der Waals surface area contributed by atoms with Crippen molar-refractivity contribution in [2.75, 3.05) is 5.73 Å². The highest BCUT2D eigenvalue weighted by molar-refractivity contribution is 5.99. The third-order valence-electron chi connectivity index (χ3n) is 4.56. The molecule has 0 unspecified atom stereocenters. The third kappa shape index (κ3) is 2.46. The van der Waals surface area contributed by atoms with Crippen molar-refractivity contribution >= 4 is 22.5 Å². The summed E-state index contributed by atoms with van der Waals surface area (Å²) in [4.78, 5) is 16.8. The summed E-state index contributed by atoms with van der Waals surface area (Å²) in [6.07, 6.45) is 4.98. The van der Waals surface area contributed by atoms with Gasteiger partial charge in [0, 0.05) is 11.4 Å². The number of pyridine rings is 1. The van der Waals surface area contributed by atoms with Gasteiger partial charge in [-0.1, -0.05) is 24.3 Å². The fourth-order valence-electron chi connectivity index (χ4n) is 3.10. The van der Waals surface area contributed by atoms with Crippen LogP contribution in [-0.4, -0.2) is 16.9 Å². The number of fused-ring (bicyclic) bond motifs is 1. The Balaban J connectivity index is 1.61. The number of aromatic nitrogens is 1. The largest absolute Gasteiger partial charge is 0.383 e. The Morgan fingerprint density at radius 3 is 2.52 bits per heavy atom. The second-order valence-corrected chi connectivity index (χ2v) is 6.29. The number of nitrogens with two attached hydrogens (primary N) is 1. The van der Waals surface area contributed by atoms with E-state index in [1.807, 2.05) is 30.3 Å². The van der Waals surface area contributed by atoms with E-state index in [4.69, 9.17) is 5.73 Å². The number of rotatable bonds is 4. The molecule has 2 fully saturated rings. The monoisotopic (exact) mass is 281 g/mol. The minimum Gasteiger partial charge on any atom is -0.383 e. The van der Waals surface area contributed by atoms with Crippen LogP contribution in [0.15, 0.2) is 30.3 Å². The van der Waals surface area contributed by atoms with Crippen LogP contribution in [0.5, 0.6) is 0 Å². The number of amides is 1. The van der Waals surface area contributed by atoms with E-state index >= 15 is 0 Å². The molecule has 0 radical (unpaired) electrons. The molecule has 1 aromatic heterocycles. The molecule has 0 bridgehead atoms. The minimum absolute atomic E-state index is 0.0868. The zero-order chi connectivity index (χ0) is 14.4. The van der Waals surface area contributed by atoms with E-state index in [2.05, 4.69) is 10.3 Å². The first-order valence-corrected chi connectivity index (χ1v) is 7.68. The van der Waals surface area contributed by atoms with Crippen LogP contribution in [0, 0.1) is 11.8 Å². The van der Waals surface area contributed by atoms with Gasteiger partial charge in [-0.3, -0.25) is 4.79 Å². The van der Waals surface area contributed by atoms with E-state index in [-0.39, 0.29) is 5.91 Å². The maximum absolute atomic E-state index is 12.5. The Morgan fingerprint density at radius 2 is 1.86 bits per heavy atom. The maximum Gasteiger partial charge on any atom is 0.270 e. The Hall–Kier alpha value is -2.10. The average molecular weight is 281 g/mol.